The average Bonchev–Trinajstić information content (AvgIpc) is 2.36. The van der Waals surface area contributed by atoms with Crippen molar-refractivity contribution in [3.63, 3.8) is 0 Å². The van der Waals surface area contributed by atoms with Crippen molar-refractivity contribution in [3.8, 4) is 11.5 Å². The van der Waals surface area contributed by atoms with Gasteiger partial charge in [-0.15, -0.1) is 0 Å². The Balaban J connectivity index is 2.11. The first kappa shape index (κ1) is 13.5. The zero-order valence-electron chi connectivity index (χ0n) is 10.8. The summed E-state index contributed by atoms with van der Waals surface area (Å²) in [6.07, 6.45) is 0. The average molecular weight is 271 g/mol. The fourth-order valence-electron chi connectivity index (χ4n) is 2.15. The van der Waals surface area contributed by atoms with Gasteiger partial charge in [0.1, 0.15) is 0 Å². The molecule has 1 aromatic rings. The minimum Gasteiger partial charge on any atom is -0.504 e. The molecule has 0 saturated carbocycles. The van der Waals surface area contributed by atoms with E-state index in [2.05, 4.69) is 16.8 Å². The van der Waals surface area contributed by atoms with E-state index in [4.69, 9.17) is 16.3 Å². The number of rotatable bonds is 3. The molecule has 1 aliphatic heterocycles. The first-order valence-corrected chi connectivity index (χ1v) is 6.44. The van der Waals surface area contributed by atoms with Gasteiger partial charge in [0.15, 0.2) is 11.5 Å². The molecule has 0 unspecified atom stereocenters. The van der Waals surface area contributed by atoms with Crippen molar-refractivity contribution in [2.45, 2.75) is 6.54 Å². The summed E-state index contributed by atoms with van der Waals surface area (Å²) in [6, 6.07) is 3.43. The van der Waals surface area contributed by atoms with Crippen LogP contribution in [0.4, 0.5) is 0 Å². The Labute approximate surface area is 113 Å². The molecule has 1 saturated heterocycles. The molecule has 1 N–H and O–H groups in total. The largest absolute Gasteiger partial charge is 0.504 e. The predicted molar refractivity (Wildman–Crippen MR) is 72.4 cm³/mol. The summed E-state index contributed by atoms with van der Waals surface area (Å²) < 4.78 is 5.11. The molecule has 2 rings (SSSR count). The minimum absolute atomic E-state index is 0.195. The van der Waals surface area contributed by atoms with Crippen LogP contribution in [0.2, 0.25) is 5.02 Å². The van der Waals surface area contributed by atoms with Gasteiger partial charge in [-0.2, -0.15) is 0 Å². The lowest BCUT2D eigenvalue weighted by atomic mass is 10.1. The fraction of sp³-hybridized carbons (Fsp3) is 0.538. The number of halogens is 1. The number of benzene rings is 1. The number of phenolic OH excluding ortho intramolecular Hbond substituents is 1. The van der Waals surface area contributed by atoms with Crippen LogP contribution in [0.5, 0.6) is 11.5 Å². The second kappa shape index (κ2) is 5.78. The quantitative estimate of drug-likeness (QED) is 0.909. The minimum atomic E-state index is 0.195. The molecule has 0 amide bonds. The van der Waals surface area contributed by atoms with Crippen molar-refractivity contribution >= 4 is 11.6 Å². The van der Waals surface area contributed by atoms with E-state index in [1.807, 2.05) is 0 Å². The molecule has 1 fully saturated rings. The van der Waals surface area contributed by atoms with E-state index in [9.17, 15) is 5.11 Å². The third-order valence-electron chi connectivity index (χ3n) is 3.33. The van der Waals surface area contributed by atoms with Crippen LogP contribution < -0.4 is 4.74 Å². The summed E-state index contributed by atoms with van der Waals surface area (Å²) in [6.45, 7) is 4.82. The normalized spacial score (nSPS) is 17.9. The fourth-order valence-corrected chi connectivity index (χ4v) is 2.38. The van der Waals surface area contributed by atoms with Gasteiger partial charge < -0.3 is 14.7 Å². The molecule has 4 nitrogen and oxygen atoms in total. The van der Waals surface area contributed by atoms with Crippen molar-refractivity contribution in [2.24, 2.45) is 0 Å². The SMILES string of the molecule is COc1cc(Cl)cc(CN2CCN(C)CC2)c1O. The van der Waals surface area contributed by atoms with E-state index in [1.54, 1.807) is 12.1 Å². The number of ether oxygens (including phenoxy) is 1. The number of hydrogen-bond acceptors (Lipinski definition) is 4. The third kappa shape index (κ3) is 3.07. The summed E-state index contributed by atoms with van der Waals surface area (Å²) >= 11 is 6.02. The maximum Gasteiger partial charge on any atom is 0.162 e. The molecule has 18 heavy (non-hydrogen) atoms. The Morgan fingerprint density at radius 3 is 2.56 bits per heavy atom. The summed E-state index contributed by atoms with van der Waals surface area (Å²) in [5, 5.41) is 10.7. The van der Waals surface area contributed by atoms with Crippen LogP contribution in [0.15, 0.2) is 12.1 Å². The van der Waals surface area contributed by atoms with Crippen molar-refractivity contribution in [1.82, 2.24) is 9.80 Å². The van der Waals surface area contributed by atoms with E-state index in [-0.39, 0.29) is 5.75 Å². The molecular formula is C13H19ClN2O2. The van der Waals surface area contributed by atoms with Gasteiger partial charge in [-0.25, -0.2) is 0 Å². The van der Waals surface area contributed by atoms with Gasteiger partial charge in [0.2, 0.25) is 0 Å². The maximum absolute atomic E-state index is 10.1. The highest BCUT2D eigenvalue weighted by Gasteiger charge is 2.17. The van der Waals surface area contributed by atoms with E-state index >= 15 is 0 Å². The first-order valence-electron chi connectivity index (χ1n) is 6.06. The van der Waals surface area contributed by atoms with Gasteiger partial charge in [-0.3, -0.25) is 4.90 Å². The lowest BCUT2D eigenvalue weighted by Crippen LogP contribution is -2.43. The molecule has 100 valence electrons. The molecule has 5 heteroatoms. The number of hydrogen-bond donors (Lipinski definition) is 1. The molecule has 0 aromatic heterocycles. The highest BCUT2D eigenvalue weighted by atomic mass is 35.5. The summed E-state index contributed by atoms with van der Waals surface area (Å²) in [5.74, 6) is 0.632. The molecule has 0 bridgehead atoms. The van der Waals surface area contributed by atoms with E-state index in [0.29, 0.717) is 17.3 Å². The Morgan fingerprint density at radius 2 is 1.94 bits per heavy atom. The van der Waals surface area contributed by atoms with Crippen molar-refractivity contribution in [2.75, 3.05) is 40.3 Å². The van der Waals surface area contributed by atoms with Crippen LogP contribution in [0.25, 0.3) is 0 Å². The van der Waals surface area contributed by atoms with E-state index in [1.165, 1.54) is 7.11 Å². The summed E-state index contributed by atoms with van der Waals surface area (Å²) in [7, 11) is 3.66. The molecule has 0 radical (unpaired) electrons. The highest BCUT2D eigenvalue weighted by molar-refractivity contribution is 6.30. The monoisotopic (exact) mass is 270 g/mol. The van der Waals surface area contributed by atoms with Gasteiger partial charge in [0, 0.05) is 49.4 Å². The predicted octanol–water partition coefficient (Wildman–Crippen LogP) is 1.80. The highest BCUT2D eigenvalue weighted by Crippen LogP contribution is 2.34. The maximum atomic E-state index is 10.1. The second-order valence-electron chi connectivity index (χ2n) is 4.70. The number of phenols is 1. The standard InChI is InChI=1S/C13H19ClN2O2/c1-15-3-5-16(6-4-15)9-10-7-11(14)8-12(18-2)13(10)17/h7-8,17H,3-6,9H2,1-2H3. The molecular weight excluding hydrogens is 252 g/mol. The Kier molecular flexibility index (Phi) is 4.32. The van der Waals surface area contributed by atoms with Crippen LogP contribution in [-0.4, -0.2) is 55.2 Å². The summed E-state index contributed by atoms with van der Waals surface area (Å²) in [5.41, 5.74) is 0.823. The first-order chi connectivity index (χ1) is 8.60. The topological polar surface area (TPSA) is 35.9 Å². The van der Waals surface area contributed by atoms with Crippen LogP contribution in [-0.2, 0) is 6.54 Å². The zero-order chi connectivity index (χ0) is 13.1. The molecule has 1 heterocycles. The van der Waals surface area contributed by atoms with Crippen LogP contribution in [0.3, 0.4) is 0 Å². The smallest absolute Gasteiger partial charge is 0.162 e. The zero-order valence-corrected chi connectivity index (χ0v) is 11.6. The lowest BCUT2D eigenvalue weighted by Gasteiger charge is -2.32. The van der Waals surface area contributed by atoms with Gasteiger partial charge in [-0.1, -0.05) is 11.6 Å². The molecule has 1 aromatic carbocycles. The molecule has 0 spiro atoms. The van der Waals surface area contributed by atoms with Gasteiger partial charge in [0.05, 0.1) is 7.11 Å². The van der Waals surface area contributed by atoms with E-state index < -0.39 is 0 Å². The second-order valence-corrected chi connectivity index (χ2v) is 5.13. The number of nitrogens with zero attached hydrogens (tertiary/aromatic N) is 2. The number of piperazine rings is 1. The van der Waals surface area contributed by atoms with Crippen molar-refractivity contribution in [1.29, 1.82) is 0 Å². The summed E-state index contributed by atoms with van der Waals surface area (Å²) in [4.78, 5) is 4.61. The van der Waals surface area contributed by atoms with Crippen molar-refractivity contribution < 1.29 is 9.84 Å². The Morgan fingerprint density at radius 1 is 1.28 bits per heavy atom. The van der Waals surface area contributed by atoms with Crippen LogP contribution in [0.1, 0.15) is 5.56 Å². The van der Waals surface area contributed by atoms with Gasteiger partial charge >= 0.3 is 0 Å². The van der Waals surface area contributed by atoms with Crippen molar-refractivity contribution in [3.05, 3.63) is 22.7 Å². The van der Waals surface area contributed by atoms with Crippen LogP contribution in [0, 0.1) is 0 Å². The number of aromatic hydroxyl groups is 1. The van der Waals surface area contributed by atoms with Crippen LogP contribution >= 0.6 is 11.6 Å². The van der Waals surface area contributed by atoms with Gasteiger partial charge in [-0.05, 0) is 13.1 Å². The molecule has 1 aliphatic rings. The Bertz CT molecular complexity index is 418. The van der Waals surface area contributed by atoms with E-state index in [0.717, 1.165) is 31.7 Å². The molecule has 0 atom stereocenters. The third-order valence-corrected chi connectivity index (χ3v) is 3.55. The molecule has 0 aliphatic carbocycles. The number of likely N-dealkylation sites (N-methyl/N-ethyl adjacent to an activating group) is 1. The number of methoxy groups -OCH3 is 1. The van der Waals surface area contributed by atoms with Gasteiger partial charge in [0.25, 0.3) is 0 Å². The Hall–Kier alpha value is -0.970. The lowest BCUT2D eigenvalue weighted by molar-refractivity contribution is 0.147.